The van der Waals surface area contributed by atoms with Gasteiger partial charge in [-0.05, 0) is 36.8 Å². The summed E-state index contributed by atoms with van der Waals surface area (Å²) >= 11 is 0. The number of oxazole rings is 1. The fourth-order valence-corrected chi connectivity index (χ4v) is 2.46. The van der Waals surface area contributed by atoms with Crippen LogP contribution < -0.4 is 15.2 Å². The molecule has 0 fully saturated rings. The van der Waals surface area contributed by atoms with Gasteiger partial charge in [0.25, 0.3) is 0 Å². The highest BCUT2D eigenvalue weighted by atomic mass is 16.6. The van der Waals surface area contributed by atoms with E-state index in [9.17, 15) is 9.59 Å². The average molecular weight is 327 g/mol. The van der Waals surface area contributed by atoms with Crippen molar-refractivity contribution in [2.24, 2.45) is 0 Å². The lowest BCUT2D eigenvalue weighted by molar-refractivity contribution is -0.134. The van der Waals surface area contributed by atoms with E-state index in [1.807, 2.05) is 19.1 Å². The van der Waals surface area contributed by atoms with Crippen LogP contribution in [0, 0.1) is 6.92 Å². The number of aromatic nitrogens is 1. The summed E-state index contributed by atoms with van der Waals surface area (Å²) in [4.78, 5) is 24.0. The third-order valence-electron chi connectivity index (χ3n) is 3.66. The number of esters is 1. The van der Waals surface area contributed by atoms with Crippen molar-refractivity contribution >= 4 is 17.1 Å². The summed E-state index contributed by atoms with van der Waals surface area (Å²) in [6.07, 6.45) is 0.0421. The molecule has 3 aromatic rings. The normalized spacial score (nSPS) is 10.8. The van der Waals surface area contributed by atoms with Gasteiger partial charge >= 0.3 is 11.7 Å². The fraction of sp³-hybridized carbons (Fsp3) is 0.222. The van der Waals surface area contributed by atoms with E-state index in [1.54, 1.807) is 30.3 Å². The molecule has 0 radical (unpaired) electrons. The van der Waals surface area contributed by atoms with Gasteiger partial charge in [0.2, 0.25) is 0 Å². The average Bonchev–Trinajstić information content (AvgIpc) is 2.89. The van der Waals surface area contributed by atoms with Gasteiger partial charge in [-0.2, -0.15) is 0 Å². The first-order valence-corrected chi connectivity index (χ1v) is 7.52. The lowest BCUT2D eigenvalue weighted by Crippen LogP contribution is -2.18. The van der Waals surface area contributed by atoms with Crippen LogP contribution in [0.2, 0.25) is 0 Å². The number of para-hydroxylation sites is 2. The zero-order valence-electron chi connectivity index (χ0n) is 13.4. The van der Waals surface area contributed by atoms with E-state index in [2.05, 4.69) is 0 Å². The third-order valence-corrected chi connectivity index (χ3v) is 3.66. The Balaban J connectivity index is 1.72. The first kappa shape index (κ1) is 15.9. The topological polar surface area (TPSA) is 70.7 Å². The molecule has 3 rings (SSSR count). The van der Waals surface area contributed by atoms with Gasteiger partial charge in [-0.15, -0.1) is 0 Å². The molecule has 24 heavy (non-hydrogen) atoms. The molecule has 0 amide bonds. The number of nitrogens with zero attached hydrogens (tertiary/aromatic N) is 1. The highest BCUT2D eigenvalue weighted by Crippen LogP contribution is 2.28. The van der Waals surface area contributed by atoms with E-state index in [0.717, 1.165) is 5.56 Å². The van der Waals surface area contributed by atoms with Gasteiger partial charge in [0.1, 0.15) is 0 Å². The summed E-state index contributed by atoms with van der Waals surface area (Å²) in [5.74, 6) is -0.0852. The molecule has 0 atom stereocenters. The zero-order chi connectivity index (χ0) is 17.1. The van der Waals surface area contributed by atoms with Crippen LogP contribution in [0.25, 0.3) is 11.1 Å². The van der Waals surface area contributed by atoms with Crippen molar-refractivity contribution in [3.8, 4) is 11.5 Å². The van der Waals surface area contributed by atoms with Crippen LogP contribution in [0.15, 0.2) is 51.7 Å². The van der Waals surface area contributed by atoms with Crippen molar-refractivity contribution in [1.82, 2.24) is 4.57 Å². The molecule has 1 heterocycles. The molecule has 1 aromatic heterocycles. The second-order valence-corrected chi connectivity index (χ2v) is 5.37. The summed E-state index contributed by atoms with van der Waals surface area (Å²) in [5.41, 5.74) is 2.15. The molecular weight excluding hydrogens is 310 g/mol. The van der Waals surface area contributed by atoms with Crippen LogP contribution in [-0.4, -0.2) is 17.6 Å². The Morgan fingerprint density at radius 3 is 2.75 bits per heavy atom. The summed E-state index contributed by atoms with van der Waals surface area (Å²) in [7, 11) is 1.52. The Hall–Kier alpha value is -3.02. The molecule has 0 aliphatic rings. The standard InChI is InChI=1S/C18H17NO5/c1-12-7-8-15(16(11-12)22-2)23-17(20)9-10-19-13-5-3-4-6-14(13)24-18(19)21/h3-8,11H,9-10H2,1-2H3. The van der Waals surface area contributed by atoms with Crippen molar-refractivity contribution in [1.29, 1.82) is 0 Å². The van der Waals surface area contributed by atoms with E-state index in [-0.39, 0.29) is 13.0 Å². The van der Waals surface area contributed by atoms with E-state index >= 15 is 0 Å². The zero-order valence-corrected chi connectivity index (χ0v) is 13.4. The predicted molar refractivity (Wildman–Crippen MR) is 88.5 cm³/mol. The Kier molecular flexibility index (Phi) is 4.37. The number of ether oxygens (including phenoxy) is 2. The van der Waals surface area contributed by atoms with Crippen molar-refractivity contribution < 1.29 is 18.7 Å². The minimum Gasteiger partial charge on any atom is -0.493 e. The lowest BCUT2D eigenvalue weighted by Gasteiger charge is -2.10. The highest BCUT2D eigenvalue weighted by molar-refractivity contribution is 5.75. The molecule has 0 unspecified atom stereocenters. The molecule has 2 aromatic carbocycles. The second kappa shape index (κ2) is 6.62. The third kappa shape index (κ3) is 3.17. The van der Waals surface area contributed by atoms with Crippen molar-refractivity contribution in [2.45, 2.75) is 19.9 Å². The monoisotopic (exact) mass is 327 g/mol. The molecule has 0 N–H and O–H groups in total. The minimum atomic E-state index is -0.489. The number of rotatable bonds is 5. The van der Waals surface area contributed by atoms with Gasteiger partial charge in [-0.3, -0.25) is 9.36 Å². The maximum Gasteiger partial charge on any atom is 0.419 e. The van der Waals surface area contributed by atoms with Crippen LogP contribution in [0.1, 0.15) is 12.0 Å². The molecule has 0 aliphatic heterocycles. The maximum absolute atomic E-state index is 12.1. The predicted octanol–water partition coefficient (Wildman–Crippen LogP) is 2.91. The van der Waals surface area contributed by atoms with Gasteiger partial charge in [0, 0.05) is 6.54 Å². The van der Waals surface area contributed by atoms with E-state index < -0.39 is 11.7 Å². The van der Waals surface area contributed by atoms with Gasteiger partial charge in [-0.1, -0.05) is 18.2 Å². The van der Waals surface area contributed by atoms with Crippen molar-refractivity contribution in [2.75, 3.05) is 7.11 Å². The maximum atomic E-state index is 12.1. The smallest absolute Gasteiger partial charge is 0.419 e. The van der Waals surface area contributed by atoms with Crippen LogP contribution in [-0.2, 0) is 11.3 Å². The number of methoxy groups -OCH3 is 1. The summed E-state index contributed by atoms with van der Waals surface area (Å²) < 4.78 is 17.1. The summed E-state index contributed by atoms with van der Waals surface area (Å²) in [5, 5.41) is 0. The molecule has 0 saturated heterocycles. The Labute approximate surface area is 138 Å². The van der Waals surface area contributed by atoms with Crippen LogP contribution >= 0.6 is 0 Å². The van der Waals surface area contributed by atoms with E-state index in [0.29, 0.717) is 22.6 Å². The molecule has 0 saturated carbocycles. The van der Waals surface area contributed by atoms with Crippen molar-refractivity contribution in [3.63, 3.8) is 0 Å². The first-order valence-electron chi connectivity index (χ1n) is 7.52. The molecule has 6 nitrogen and oxygen atoms in total. The number of fused-ring (bicyclic) bond motifs is 1. The molecule has 0 spiro atoms. The first-order chi connectivity index (χ1) is 11.6. The number of benzene rings is 2. The SMILES string of the molecule is COc1cc(C)ccc1OC(=O)CCn1c(=O)oc2ccccc21. The number of aryl methyl sites for hydroxylation is 2. The molecule has 6 heteroatoms. The van der Waals surface area contributed by atoms with E-state index in [4.69, 9.17) is 13.9 Å². The summed E-state index contributed by atoms with van der Waals surface area (Å²) in [6.45, 7) is 2.10. The van der Waals surface area contributed by atoms with Crippen LogP contribution in [0.5, 0.6) is 11.5 Å². The van der Waals surface area contributed by atoms with Gasteiger partial charge in [0.05, 0.1) is 19.0 Å². The van der Waals surface area contributed by atoms with Gasteiger partial charge < -0.3 is 13.9 Å². The van der Waals surface area contributed by atoms with Crippen LogP contribution in [0.4, 0.5) is 0 Å². The molecule has 0 aliphatic carbocycles. The number of carbonyl (C=O) groups excluding carboxylic acids is 1. The molecule has 124 valence electrons. The quantitative estimate of drug-likeness (QED) is 0.532. The molecule has 0 bridgehead atoms. The minimum absolute atomic E-state index is 0.0421. The number of carbonyl (C=O) groups is 1. The molecular formula is C18H17NO5. The lowest BCUT2D eigenvalue weighted by atomic mass is 10.2. The number of hydrogen-bond acceptors (Lipinski definition) is 5. The Morgan fingerprint density at radius 1 is 1.17 bits per heavy atom. The highest BCUT2D eigenvalue weighted by Gasteiger charge is 2.13. The number of hydrogen-bond donors (Lipinski definition) is 0. The van der Waals surface area contributed by atoms with Crippen LogP contribution in [0.3, 0.4) is 0 Å². The fourth-order valence-electron chi connectivity index (χ4n) is 2.46. The van der Waals surface area contributed by atoms with Gasteiger partial charge in [0.15, 0.2) is 17.1 Å². The summed E-state index contributed by atoms with van der Waals surface area (Å²) in [6, 6.07) is 12.4. The van der Waals surface area contributed by atoms with Gasteiger partial charge in [-0.25, -0.2) is 4.79 Å². The Morgan fingerprint density at radius 2 is 1.96 bits per heavy atom. The van der Waals surface area contributed by atoms with Crippen molar-refractivity contribution in [3.05, 3.63) is 58.6 Å². The second-order valence-electron chi connectivity index (χ2n) is 5.37. The van der Waals surface area contributed by atoms with E-state index in [1.165, 1.54) is 11.7 Å². The largest absolute Gasteiger partial charge is 0.493 e. The Bertz CT molecular complexity index is 938.